The van der Waals surface area contributed by atoms with Crippen molar-refractivity contribution in [3.63, 3.8) is 0 Å². The molecule has 1 aromatic rings. The largest absolute Gasteiger partial charge is 0.496 e. The van der Waals surface area contributed by atoms with Crippen LogP contribution in [0.25, 0.3) is 0 Å². The molecule has 90 valence electrons. The van der Waals surface area contributed by atoms with Crippen LogP contribution in [0.4, 0.5) is 0 Å². The van der Waals surface area contributed by atoms with Crippen LogP contribution in [0, 0.1) is 18.3 Å². The first-order chi connectivity index (χ1) is 8.17. The molecule has 0 aromatic heterocycles. The highest BCUT2D eigenvalue weighted by Gasteiger charge is 2.05. The van der Waals surface area contributed by atoms with E-state index >= 15 is 0 Å². The number of ether oxygens (including phenoxy) is 1. The van der Waals surface area contributed by atoms with Crippen LogP contribution in [0.3, 0.4) is 0 Å². The van der Waals surface area contributed by atoms with Gasteiger partial charge in [-0.1, -0.05) is 17.7 Å². The third-order valence-corrected chi connectivity index (χ3v) is 2.38. The molecule has 1 rings (SSSR count). The van der Waals surface area contributed by atoms with E-state index in [1.807, 2.05) is 31.2 Å². The number of nitrogens with zero attached hydrogens (tertiary/aromatic N) is 1. The molecule has 0 radical (unpaired) electrons. The Morgan fingerprint density at radius 1 is 1.53 bits per heavy atom. The molecule has 1 N–H and O–H groups in total. The fraction of sp³-hybridized carbons (Fsp3) is 0.385. The SMILES string of the molecule is COc1ccc(C)cc1CNC(=O)CCC#N. The topological polar surface area (TPSA) is 62.1 Å². The number of methoxy groups -OCH3 is 1. The van der Waals surface area contributed by atoms with Crippen molar-refractivity contribution in [1.29, 1.82) is 5.26 Å². The summed E-state index contributed by atoms with van der Waals surface area (Å²) in [5, 5.41) is 11.1. The summed E-state index contributed by atoms with van der Waals surface area (Å²) in [5.41, 5.74) is 2.06. The van der Waals surface area contributed by atoms with Crippen molar-refractivity contribution in [3.8, 4) is 11.8 Å². The van der Waals surface area contributed by atoms with Crippen molar-refractivity contribution in [2.45, 2.75) is 26.3 Å². The van der Waals surface area contributed by atoms with Crippen LogP contribution in [0.15, 0.2) is 18.2 Å². The maximum atomic E-state index is 11.4. The number of nitriles is 1. The van der Waals surface area contributed by atoms with Gasteiger partial charge in [-0.05, 0) is 13.0 Å². The third kappa shape index (κ3) is 4.15. The van der Waals surface area contributed by atoms with Crippen molar-refractivity contribution in [1.82, 2.24) is 5.32 Å². The number of carbonyl (C=O) groups is 1. The van der Waals surface area contributed by atoms with Gasteiger partial charge in [-0.25, -0.2) is 0 Å². The molecule has 0 fully saturated rings. The van der Waals surface area contributed by atoms with Gasteiger partial charge < -0.3 is 10.1 Å². The number of rotatable bonds is 5. The average Bonchev–Trinajstić information content (AvgIpc) is 2.34. The number of carbonyl (C=O) groups excluding carboxylic acids is 1. The summed E-state index contributed by atoms with van der Waals surface area (Å²) < 4.78 is 5.21. The maximum absolute atomic E-state index is 11.4. The second-order valence-corrected chi connectivity index (χ2v) is 3.75. The number of nitrogens with one attached hydrogen (secondary N) is 1. The molecule has 0 aliphatic rings. The zero-order chi connectivity index (χ0) is 12.7. The van der Waals surface area contributed by atoms with Crippen molar-refractivity contribution in [3.05, 3.63) is 29.3 Å². The van der Waals surface area contributed by atoms with E-state index in [1.54, 1.807) is 7.11 Å². The number of hydrogen-bond donors (Lipinski definition) is 1. The van der Waals surface area contributed by atoms with Crippen LogP contribution in [0.5, 0.6) is 5.75 Å². The fourth-order valence-corrected chi connectivity index (χ4v) is 1.50. The average molecular weight is 232 g/mol. The summed E-state index contributed by atoms with van der Waals surface area (Å²) in [6.07, 6.45) is 0.488. The first-order valence-electron chi connectivity index (χ1n) is 5.44. The van der Waals surface area contributed by atoms with Gasteiger partial charge in [0.2, 0.25) is 5.91 Å². The second kappa shape index (κ2) is 6.54. The van der Waals surface area contributed by atoms with Gasteiger partial charge in [-0.2, -0.15) is 5.26 Å². The molecule has 0 saturated carbocycles. The van der Waals surface area contributed by atoms with Crippen molar-refractivity contribution < 1.29 is 9.53 Å². The van der Waals surface area contributed by atoms with Crippen LogP contribution in [0.1, 0.15) is 24.0 Å². The van der Waals surface area contributed by atoms with E-state index in [0.29, 0.717) is 6.54 Å². The molecule has 0 aliphatic carbocycles. The zero-order valence-corrected chi connectivity index (χ0v) is 10.1. The minimum absolute atomic E-state index is 0.116. The smallest absolute Gasteiger partial charge is 0.221 e. The lowest BCUT2D eigenvalue weighted by molar-refractivity contribution is -0.121. The van der Waals surface area contributed by atoms with Crippen molar-refractivity contribution in [2.24, 2.45) is 0 Å². The Hall–Kier alpha value is -2.02. The van der Waals surface area contributed by atoms with Crippen molar-refractivity contribution >= 4 is 5.91 Å². The lowest BCUT2D eigenvalue weighted by atomic mass is 10.1. The standard InChI is InChI=1S/C13H16N2O2/c1-10-5-6-12(17-2)11(8-10)9-15-13(16)4-3-7-14/h5-6,8H,3-4,9H2,1-2H3,(H,15,16). The van der Waals surface area contributed by atoms with Gasteiger partial charge >= 0.3 is 0 Å². The Morgan fingerprint density at radius 2 is 2.29 bits per heavy atom. The first kappa shape index (κ1) is 13.0. The molecule has 0 unspecified atom stereocenters. The van der Waals surface area contributed by atoms with Crippen LogP contribution in [-0.2, 0) is 11.3 Å². The van der Waals surface area contributed by atoms with Gasteiger partial charge in [0.1, 0.15) is 5.75 Å². The lowest BCUT2D eigenvalue weighted by Crippen LogP contribution is -2.22. The Labute approximate surface area is 101 Å². The summed E-state index contributed by atoms with van der Waals surface area (Å²) in [7, 11) is 1.60. The summed E-state index contributed by atoms with van der Waals surface area (Å²) >= 11 is 0. The van der Waals surface area contributed by atoms with Gasteiger partial charge in [-0.15, -0.1) is 0 Å². The minimum Gasteiger partial charge on any atom is -0.496 e. The molecular formula is C13H16N2O2. The monoisotopic (exact) mass is 232 g/mol. The minimum atomic E-state index is -0.116. The van der Waals surface area contributed by atoms with Gasteiger partial charge in [-0.3, -0.25) is 4.79 Å². The number of hydrogen-bond acceptors (Lipinski definition) is 3. The highest BCUT2D eigenvalue weighted by atomic mass is 16.5. The molecule has 4 heteroatoms. The van der Waals surface area contributed by atoms with E-state index in [1.165, 1.54) is 0 Å². The van der Waals surface area contributed by atoms with E-state index < -0.39 is 0 Å². The van der Waals surface area contributed by atoms with E-state index in [9.17, 15) is 4.79 Å². The van der Waals surface area contributed by atoms with E-state index in [0.717, 1.165) is 16.9 Å². The zero-order valence-electron chi connectivity index (χ0n) is 10.1. The second-order valence-electron chi connectivity index (χ2n) is 3.75. The van der Waals surface area contributed by atoms with Crippen LogP contribution < -0.4 is 10.1 Å². The van der Waals surface area contributed by atoms with Crippen LogP contribution >= 0.6 is 0 Å². The molecular weight excluding hydrogens is 216 g/mol. The highest BCUT2D eigenvalue weighted by Crippen LogP contribution is 2.19. The Bertz CT molecular complexity index is 436. The number of aryl methyl sites for hydroxylation is 1. The molecule has 0 spiro atoms. The summed E-state index contributed by atoms with van der Waals surface area (Å²) in [6.45, 7) is 2.41. The van der Waals surface area contributed by atoms with Crippen LogP contribution in [0.2, 0.25) is 0 Å². The molecule has 1 amide bonds. The number of amides is 1. The Kier molecular flexibility index (Phi) is 5.02. The maximum Gasteiger partial charge on any atom is 0.221 e. The molecule has 0 bridgehead atoms. The first-order valence-corrected chi connectivity index (χ1v) is 5.44. The molecule has 0 aliphatic heterocycles. The van der Waals surface area contributed by atoms with Gasteiger partial charge in [0.05, 0.1) is 13.2 Å². The quantitative estimate of drug-likeness (QED) is 0.843. The predicted octanol–water partition coefficient (Wildman–Crippen LogP) is 1.92. The number of benzene rings is 1. The van der Waals surface area contributed by atoms with Crippen LogP contribution in [-0.4, -0.2) is 13.0 Å². The molecule has 4 nitrogen and oxygen atoms in total. The molecule has 0 saturated heterocycles. The van der Waals surface area contributed by atoms with Gasteiger partial charge in [0, 0.05) is 24.9 Å². The third-order valence-electron chi connectivity index (χ3n) is 2.38. The normalized spacial score (nSPS) is 9.47. The summed E-state index contributed by atoms with van der Waals surface area (Å²) in [5.74, 6) is 0.645. The molecule has 0 atom stereocenters. The molecule has 1 aromatic carbocycles. The van der Waals surface area contributed by atoms with Gasteiger partial charge in [0.15, 0.2) is 0 Å². The Morgan fingerprint density at radius 3 is 2.94 bits per heavy atom. The van der Waals surface area contributed by atoms with Gasteiger partial charge in [0.25, 0.3) is 0 Å². The van der Waals surface area contributed by atoms with E-state index in [2.05, 4.69) is 5.32 Å². The molecule has 17 heavy (non-hydrogen) atoms. The van der Waals surface area contributed by atoms with E-state index in [4.69, 9.17) is 10.00 Å². The van der Waals surface area contributed by atoms with Crippen molar-refractivity contribution in [2.75, 3.05) is 7.11 Å². The van der Waals surface area contributed by atoms with E-state index in [-0.39, 0.29) is 18.7 Å². The summed E-state index contributed by atoms with van der Waals surface area (Å²) in [4.78, 5) is 11.4. The lowest BCUT2D eigenvalue weighted by Gasteiger charge is -2.10. The summed E-state index contributed by atoms with van der Waals surface area (Å²) in [6, 6.07) is 7.76. The Balaban J connectivity index is 2.59. The fourth-order valence-electron chi connectivity index (χ4n) is 1.50. The predicted molar refractivity (Wildman–Crippen MR) is 64.4 cm³/mol. The highest BCUT2D eigenvalue weighted by molar-refractivity contribution is 5.76. The molecule has 0 heterocycles.